The first-order valence-corrected chi connectivity index (χ1v) is 6.95. The molecule has 5 nitrogen and oxygen atoms in total. The highest BCUT2D eigenvalue weighted by Gasteiger charge is 2.09. The van der Waals surface area contributed by atoms with Crippen LogP contribution in [-0.4, -0.2) is 39.8 Å². The minimum atomic E-state index is 0. The zero-order valence-electron chi connectivity index (χ0n) is 12.8. The van der Waals surface area contributed by atoms with E-state index in [1.807, 2.05) is 18.2 Å². The van der Waals surface area contributed by atoms with Gasteiger partial charge in [0.2, 0.25) is 0 Å². The molecule has 6 heteroatoms. The number of rotatable bonds is 5. The molecule has 1 heterocycles. The molecule has 1 aliphatic rings. The summed E-state index contributed by atoms with van der Waals surface area (Å²) < 4.78 is 10.5. The Kier molecular flexibility index (Phi) is 7.63. The summed E-state index contributed by atoms with van der Waals surface area (Å²) in [5.74, 6) is 3.16. The van der Waals surface area contributed by atoms with E-state index in [4.69, 9.17) is 9.47 Å². The lowest BCUT2D eigenvalue weighted by Gasteiger charge is -2.20. The normalized spacial score (nSPS) is 17.1. The van der Waals surface area contributed by atoms with Crippen molar-refractivity contribution in [3.05, 3.63) is 23.8 Å². The maximum Gasteiger partial charge on any atom is 0.191 e. The number of benzene rings is 1. The molecule has 21 heavy (non-hydrogen) atoms. The molecule has 118 valence electrons. The summed E-state index contributed by atoms with van der Waals surface area (Å²) in [5.41, 5.74) is 1.18. The van der Waals surface area contributed by atoms with Crippen molar-refractivity contribution < 1.29 is 9.47 Å². The van der Waals surface area contributed by atoms with E-state index in [0.717, 1.165) is 43.5 Å². The van der Waals surface area contributed by atoms with Crippen LogP contribution in [0.2, 0.25) is 0 Å². The summed E-state index contributed by atoms with van der Waals surface area (Å²) in [6, 6.07) is 5.94. The predicted octanol–water partition coefficient (Wildman–Crippen LogP) is 2.05. The number of ether oxygens (including phenoxy) is 2. The van der Waals surface area contributed by atoms with E-state index in [2.05, 4.69) is 22.5 Å². The minimum Gasteiger partial charge on any atom is -0.497 e. The molecule has 0 amide bonds. The Hall–Kier alpha value is -1.18. The maximum absolute atomic E-state index is 5.27. The molecule has 0 bridgehead atoms. The molecule has 1 aromatic carbocycles. The molecule has 0 fully saturated rings. The first-order valence-electron chi connectivity index (χ1n) is 6.95. The molecular weight excluding hydrogens is 381 g/mol. The number of nitrogens with zero attached hydrogens (tertiary/aromatic N) is 1. The third kappa shape index (κ3) is 5.61. The third-order valence-corrected chi connectivity index (χ3v) is 3.30. The number of guanidine groups is 1. The third-order valence-electron chi connectivity index (χ3n) is 3.30. The Bertz CT molecular complexity index is 458. The van der Waals surface area contributed by atoms with Gasteiger partial charge in [0.15, 0.2) is 5.96 Å². The number of nitrogens with one attached hydrogen (secondary N) is 2. The molecule has 0 spiro atoms. The molecule has 1 atom stereocenters. The van der Waals surface area contributed by atoms with Gasteiger partial charge in [0, 0.05) is 25.7 Å². The molecule has 1 aromatic rings. The van der Waals surface area contributed by atoms with E-state index in [9.17, 15) is 0 Å². The minimum absolute atomic E-state index is 0. The number of methoxy groups -OCH3 is 2. The summed E-state index contributed by atoms with van der Waals surface area (Å²) in [5, 5.41) is 6.61. The fourth-order valence-corrected chi connectivity index (χ4v) is 2.09. The highest BCUT2D eigenvalue weighted by Crippen LogP contribution is 2.22. The summed E-state index contributed by atoms with van der Waals surface area (Å²) in [6.45, 7) is 4.90. The van der Waals surface area contributed by atoms with E-state index in [0.29, 0.717) is 5.92 Å². The van der Waals surface area contributed by atoms with E-state index in [1.165, 1.54) is 5.56 Å². The zero-order valence-corrected chi connectivity index (χ0v) is 15.1. The van der Waals surface area contributed by atoms with Crippen LogP contribution in [0.25, 0.3) is 0 Å². The van der Waals surface area contributed by atoms with Gasteiger partial charge in [-0.1, -0.05) is 6.92 Å². The van der Waals surface area contributed by atoms with Crippen LogP contribution in [0.5, 0.6) is 11.5 Å². The molecule has 0 aromatic heterocycles. The van der Waals surface area contributed by atoms with Gasteiger partial charge in [0.05, 0.1) is 14.2 Å². The van der Waals surface area contributed by atoms with Crippen molar-refractivity contribution in [3.63, 3.8) is 0 Å². The lowest BCUT2D eigenvalue weighted by molar-refractivity contribution is 0.393. The molecule has 0 saturated carbocycles. The standard InChI is InChI=1S/C15H23N3O2.HI/c1-11-9-17-15(18-10-11)16-5-4-12-6-13(19-2)8-14(7-12)20-3;/h6-8,11H,4-5,9-10H2,1-3H3,(H2,16,17,18);1H. The van der Waals surface area contributed by atoms with E-state index >= 15 is 0 Å². The van der Waals surface area contributed by atoms with Crippen molar-refractivity contribution in [1.29, 1.82) is 0 Å². The van der Waals surface area contributed by atoms with Crippen molar-refractivity contribution >= 4 is 29.9 Å². The van der Waals surface area contributed by atoms with Gasteiger partial charge in [0.25, 0.3) is 0 Å². The van der Waals surface area contributed by atoms with Gasteiger partial charge in [0.1, 0.15) is 11.5 Å². The van der Waals surface area contributed by atoms with Crippen molar-refractivity contribution in [2.24, 2.45) is 10.9 Å². The number of halogens is 1. The van der Waals surface area contributed by atoms with Crippen LogP contribution >= 0.6 is 24.0 Å². The Morgan fingerprint density at radius 3 is 2.43 bits per heavy atom. The maximum atomic E-state index is 5.27. The molecule has 1 unspecified atom stereocenters. The van der Waals surface area contributed by atoms with Gasteiger partial charge in [-0.15, -0.1) is 24.0 Å². The second kappa shape index (κ2) is 8.96. The second-order valence-corrected chi connectivity index (χ2v) is 5.07. The lowest BCUT2D eigenvalue weighted by atomic mass is 10.1. The lowest BCUT2D eigenvalue weighted by Crippen LogP contribution is -2.44. The van der Waals surface area contributed by atoms with Gasteiger partial charge >= 0.3 is 0 Å². The predicted molar refractivity (Wildman–Crippen MR) is 96.1 cm³/mol. The topological polar surface area (TPSA) is 54.9 Å². The molecular formula is C15H24IN3O2. The van der Waals surface area contributed by atoms with E-state index in [-0.39, 0.29) is 24.0 Å². The van der Waals surface area contributed by atoms with Crippen LogP contribution in [0.4, 0.5) is 0 Å². The molecule has 0 radical (unpaired) electrons. The van der Waals surface area contributed by atoms with Crippen LogP contribution in [-0.2, 0) is 6.42 Å². The quantitative estimate of drug-likeness (QED) is 0.737. The Morgan fingerprint density at radius 2 is 1.90 bits per heavy atom. The van der Waals surface area contributed by atoms with Gasteiger partial charge in [-0.05, 0) is 30.0 Å². The monoisotopic (exact) mass is 405 g/mol. The summed E-state index contributed by atoms with van der Waals surface area (Å²) in [7, 11) is 3.33. The molecule has 2 N–H and O–H groups in total. The Balaban J connectivity index is 0.00000220. The van der Waals surface area contributed by atoms with Gasteiger partial charge in [-0.25, -0.2) is 0 Å². The molecule has 0 aliphatic carbocycles. The summed E-state index contributed by atoms with van der Waals surface area (Å²) in [6.07, 6.45) is 0.893. The van der Waals surface area contributed by atoms with Crippen molar-refractivity contribution in [1.82, 2.24) is 10.6 Å². The average Bonchev–Trinajstić information content (AvgIpc) is 2.49. The van der Waals surface area contributed by atoms with Crippen LogP contribution in [0, 0.1) is 5.92 Å². The molecule has 0 saturated heterocycles. The van der Waals surface area contributed by atoms with Crippen LogP contribution in [0.15, 0.2) is 23.2 Å². The summed E-state index contributed by atoms with van der Waals surface area (Å²) in [4.78, 5) is 4.45. The number of hydrogen-bond acceptors (Lipinski definition) is 5. The van der Waals surface area contributed by atoms with Gasteiger partial charge < -0.3 is 20.1 Å². The largest absolute Gasteiger partial charge is 0.497 e. The van der Waals surface area contributed by atoms with Crippen LogP contribution in [0.1, 0.15) is 12.5 Å². The van der Waals surface area contributed by atoms with Crippen molar-refractivity contribution in [2.75, 3.05) is 33.9 Å². The molecule has 2 rings (SSSR count). The fourth-order valence-electron chi connectivity index (χ4n) is 2.09. The van der Waals surface area contributed by atoms with Crippen LogP contribution < -0.4 is 20.1 Å². The SMILES string of the molecule is COc1cc(CCNC2=NCC(C)CN2)cc(OC)c1.I. The Morgan fingerprint density at radius 1 is 1.24 bits per heavy atom. The van der Waals surface area contributed by atoms with E-state index < -0.39 is 0 Å². The number of aliphatic imine (C=N–C) groups is 1. The number of hydrogen-bond donors (Lipinski definition) is 2. The highest BCUT2D eigenvalue weighted by molar-refractivity contribution is 14.0. The second-order valence-electron chi connectivity index (χ2n) is 5.07. The highest BCUT2D eigenvalue weighted by atomic mass is 127. The van der Waals surface area contributed by atoms with Gasteiger partial charge in [-0.2, -0.15) is 0 Å². The first-order chi connectivity index (χ1) is 9.71. The first kappa shape index (κ1) is 17.9. The summed E-state index contributed by atoms with van der Waals surface area (Å²) >= 11 is 0. The van der Waals surface area contributed by atoms with E-state index in [1.54, 1.807) is 14.2 Å². The van der Waals surface area contributed by atoms with Crippen LogP contribution in [0.3, 0.4) is 0 Å². The van der Waals surface area contributed by atoms with Crippen molar-refractivity contribution in [3.8, 4) is 11.5 Å². The average molecular weight is 405 g/mol. The smallest absolute Gasteiger partial charge is 0.191 e. The zero-order chi connectivity index (χ0) is 14.4. The molecule has 1 aliphatic heterocycles. The van der Waals surface area contributed by atoms with Gasteiger partial charge in [-0.3, -0.25) is 4.99 Å². The Labute approximate surface area is 143 Å². The fraction of sp³-hybridized carbons (Fsp3) is 0.533. The van der Waals surface area contributed by atoms with Crippen molar-refractivity contribution in [2.45, 2.75) is 13.3 Å².